The molecule has 0 heterocycles. The van der Waals surface area contributed by atoms with Crippen molar-refractivity contribution in [2.75, 3.05) is 0 Å². The molecule has 0 aliphatic carbocycles. The zero-order valence-corrected chi connectivity index (χ0v) is 5.48. The van der Waals surface area contributed by atoms with Gasteiger partial charge in [-0.3, -0.25) is 0 Å². The van der Waals surface area contributed by atoms with E-state index in [9.17, 15) is 4.79 Å². The molecule has 0 saturated carbocycles. The zero-order chi connectivity index (χ0) is 6.57. The highest BCUT2D eigenvalue weighted by Gasteiger charge is 1.99. The third-order valence-corrected chi connectivity index (χ3v) is 1.30. The van der Waals surface area contributed by atoms with Crippen LogP contribution in [0.2, 0.25) is 0 Å². The van der Waals surface area contributed by atoms with Crippen LogP contribution in [-0.4, -0.2) is 6.29 Å². The van der Waals surface area contributed by atoms with Crippen molar-refractivity contribution >= 4 is 6.29 Å². The molecule has 0 amide bonds. The fourth-order valence-electron chi connectivity index (χ4n) is 0.418. The third-order valence-electron chi connectivity index (χ3n) is 1.30. The molecule has 0 aromatic heterocycles. The lowest BCUT2D eigenvalue weighted by Gasteiger charge is -2.01. The molecule has 0 aliphatic rings. The lowest BCUT2D eigenvalue weighted by molar-refractivity contribution is -0.109. The lowest BCUT2D eigenvalue weighted by atomic mass is 10.0. The minimum Gasteiger partial charge on any atom is -0.303 e. The molecule has 8 heavy (non-hydrogen) atoms. The summed E-state index contributed by atoms with van der Waals surface area (Å²) in [7, 11) is 0. The fourth-order valence-corrected chi connectivity index (χ4v) is 0.418. The zero-order valence-electron chi connectivity index (χ0n) is 5.48. The number of hydrogen-bond donors (Lipinski definition) is 0. The van der Waals surface area contributed by atoms with Crippen molar-refractivity contribution in [1.29, 1.82) is 0 Å². The Labute approximate surface area is 50.4 Å². The van der Waals surface area contributed by atoms with Gasteiger partial charge in [-0.2, -0.15) is 0 Å². The number of allylic oxidation sites excluding steroid dienone is 1. The van der Waals surface area contributed by atoms with E-state index in [0.29, 0.717) is 0 Å². The summed E-state index contributed by atoms with van der Waals surface area (Å²) in [5, 5.41) is 0. The molecular formula is C7H12O. The van der Waals surface area contributed by atoms with Crippen LogP contribution >= 0.6 is 0 Å². The maximum Gasteiger partial charge on any atom is 0.126 e. The SMILES string of the molecule is C=C(CC)C(C)C=O. The molecule has 0 fully saturated rings. The molecule has 1 atom stereocenters. The topological polar surface area (TPSA) is 17.1 Å². The van der Waals surface area contributed by atoms with Gasteiger partial charge in [0.2, 0.25) is 0 Å². The van der Waals surface area contributed by atoms with Crippen molar-refractivity contribution in [2.45, 2.75) is 20.3 Å². The molecule has 1 nitrogen and oxygen atoms in total. The first-order valence-electron chi connectivity index (χ1n) is 2.85. The van der Waals surface area contributed by atoms with Crippen molar-refractivity contribution in [3.63, 3.8) is 0 Å². The first kappa shape index (κ1) is 7.41. The highest BCUT2D eigenvalue weighted by molar-refractivity contribution is 5.57. The summed E-state index contributed by atoms with van der Waals surface area (Å²) in [6, 6.07) is 0. The van der Waals surface area contributed by atoms with Crippen molar-refractivity contribution in [1.82, 2.24) is 0 Å². The van der Waals surface area contributed by atoms with Crippen molar-refractivity contribution < 1.29 is 4.79 Å². The monoisotopic (exact) mass is 112 g/mol. The predicted octanol–water partition coefficient (Wildman–Crippen LogP) is 1.79. The summed E-state index contributed by atoms with van der Waals surface area (Å²) in [5.41, 5.74) is 1.01. The average Bonchev–Trinajstić information content (AvgIpc) is 1.84. The number of hydrogen-bond acceptors (Lipinski definition) is 1. The Morgan fingerprint density at radius 3 is 2.50 bits per heavy atom. The number of rotatable bonds is 3. The van der Waals surface area contributed by atoms with Gasteiger partial charge in [0.05, 0.1) is 0 Å². The summed E-state index contributed by atoms with van der Waals surface area (Å²) < 4.78 is 0. The summed E-state index contributed by atoms with van der Waals surface area (Å²) in [6.07, 6.45) is 1.83. The van der Waals surface area contributed by atoms with Gasteiger partial charge in [0.1, 0.15) is 6.29 Å². The molecule has 0 aromatic rings. The standard InChI is InChI=1S/C7H12O/c1-4-6(2)7(3)5-8/h5,7H,2,4H2,1,3H3. The molecule has 0 radical (unpaired) electrons. The second kappa shape index (κ2) is 3.42. The van der Waals surface area contributed by atoms with Gasteiger partial charge < -0.3 is 4.79 Å². The third kappa shape index (κ3) is 1.92. The first-order valence-corrected chi connectivity index (χ1v) is 2.85. The summed E-state index contributed by atoms with van der Waals surface area (Å²) in [4.78, 5) is 10.0. The highest BCUT2D eigenvalue weighted by atomic mass is 16.1. The molecule has 0 spiro atoms. The first-order chi connectivity index (χ1) is 3.72. The molecule has 0 saturated heterocycles. The van der Waals surface area contributed by atoms with Gasteiger partial charge in [-0.25, -0.2) is 0 Å². The minimum atomic E-state index is 0.0417. The Balaban J connectivity index is 3.62. The molecule has 0 aliphatic heterocycles. The van der Waals surface area contributed by atoms with Gasteiger partial charge in [0.15, 0.2) is 0 Å². The van der Waals surface area contributed by atoms with Crippen LogP contribution in [0, 0.1) is 5.92 Å². The summed E-state index contributed by atoms with van der Waals surface area (Å²) in [6.45, 7) is 7.57. The van der Waals surface area contributed by atoms with Gasteiger partial charge in [0.25, 0.3) is 0 Å². The van der Waals surface area contributed by atoms with E-state index in [-0.39, 0.29) is 5.92 Å². The van der Waals surface area contributed by atoms with Crippen LogP contribution in [0.25, 0.3) is 0 Å². The van der Waals surface area contributed by atoms with Crippen LogP contribution in [0.3, 0.4) is 0 Å². The second-order valence-corrected chi connectivity index (χ2v) is 1.94. The predicted molar refractivity (Wildman–Crippen MR) is 34.7 cm³/mol. The van der Waals surface area contributed by atoms with Crippen LogP contribution in [0.4, 0.5) is 0 Å². The van der Waals surface area contributed by atoms with Crippen LogP contribution in [0.5, 0.6) is 0 Å². The number of carbonyl (C=O) groups is 1. The van der Waals surface area contributed by atoms with E-state index in [4.69, 9.17) is 0 Å². The molecule has 0 N–H and O–H groups in total. The molecule has 0 rings (SSSR count). The largest absolute Gasteiger partial charge is 0.303 e. The molecule has 46 valence electrons. The smallest absolute Gasteiger partial charge is 0.126 e. The van der Waals surface area contributed by atoms with Gasteiger partial charge >= 0.3 is 0 Å². The second-order valence-electron chi connectivity index (χ2n) is 1.94. The number of carbonyl (C=O) groups excluding carboxylic acids is 1. The normalized spacial score (nSPS) is 12.8. The van der Waals surface area contributed by atoms with Crippen LogP contribution < -0.4 is 0 Å². The van der Waals surface area contributed by atoms with E-state index in [2.05, 4.69) is 6.58 Å². The van der Waals surface area contributed by atoms with E-state index in [0.717, 1.165) is 18.3 Å². The highest BCUT2D eigenvalue weighted by Crippen LogP contribution is 2.07. The van der Waals surface area contributed by atoms with Crippen molar-refractivity contribution in [2.24, 2.45) is 5.92 Å². The Kier molecular flexibility index (Phi) is 3.16. The van der Waals surface area contributed by atoms with Crippen LogP contribution in [0.1, 0.15) is 20.3 Å². The molecule has 1 unspecified atom stereocenters. The molecular weight excluding hydrogens is 100 g/mol. The van der Waals surface area contributed by atoms with Crippen molar-refractivity contribution in [3.8, 4) is 0 Å². The Hall–Kier alpha value is -0.590. The van der Waals surface area contributed by atoms with E-state index < -0.39 is 0 Å². The quantitative estimate of drug-likeness (QED) is 0.402. The summed E-state index contributed by atoms with van der Waals surface area (Å²) >= 11 is 0. The van der Waals surface area contributed by atoms with Gasteiger partial charge in [-0.15, -0.1) is 0 Å². The minimum absolute atomic E-state index is 0.0417. The Morgan fingerprint density at radius 2 is 2.38 bits per heavy atom. The van der Waals surface area contributed by atoms with Crippen LogP contribution in [-0.2, 0) is 4.79 Å². The Bertz CT molecular complexity index is 94.6. The van der Waals surface area contributed by atoms with Crippen molar-refractivity contribution in [3.05, 3.63) is 12.2 Å². The average molecular weight is 112 g/mol. The van der Waals surface area contributed by atoms with Gasteiger partial charge in [0, 0.05) is 5.92 Å². The van der Waals surface area contributed by atoms with Gasteiger partial charge in [-0.1, -0.05) is 26.0 Å². The van der Waals surface area contributed by atoms with E-state index in [1.807, 2.05) is 13.8 Å². The maximum absolute atomic E-state index is 10.0. The van der Waals surface area contributed by atoms with Gasteiger partial charge in [-0.05, 0) is 6.42 Å². The molecule has 0 bridgehead atoms. The van der Waals surface area contributed by atoms with E-state index in [1.165, 1.54) is 0 Å². The maximum atomic E-state index is 10.0. The molecule has 1 heteroatoms. The number of aldehydes is 1. The van der Waals surface area contributed by atoms with Crippen LogP contribution in [0.15, 0.2) is 12.2 Å². The summed E-state index contributed by atoms with van der Waals surface area (Å²) in [5.74, 6) is 0.0417. The van der Waals surface area contributed by atoms with E-state index in [1.54, 1.807) is 0 Å². The fraction of sp³-hybridized carbons (Fsp3) is 0.571. The molecule has 0 aromatic carbocycles. The van der Waals surface area contributed by atoms with E-state index >= 15 is 0 Å². The lowest BCUT2D eigenvalue weighted by Crippen LogP contribution is -1.97. The Morgan fingerprint density at radius 1 is 1.88 bits per heavy atom.